The second kappa shape index (κ2) is 6.10. The maximum atomic E-state index is 12.4. The van der Waals surface area contributed by atoms with E-state index >= 15 is 0 Å². The van der Waals surface area contributed by atoms with Crippen LogP contribution in [0.25, 0.3) is 10.8 Å². The van der Waals surface area contributed by atoms with E-state index in [2.05, 4.69) is 15.6 Å². The van der Waals surface area contributed by atoms with Crippen molar-refractivity contribution in [2.24, 2.45) is 0 Å². The number of nitrogens with one attached hydrogen (secondary N) is 2. The van der Waals surface area contributed by atoms with Crippen LogP contribution in [-0.4, -0.2) is 37.2 Å². The molecule has 2 heterocycles. The van der Waals surface area contributed by atoms with Gasteiger partial charge >= 0.3 is 0 Å². The Bertz CT molecular complexity index is 651. The molecule has 1 fully saturated rings. The summed E-state index contributed by atoms with van der Waals surface area (Å²) >= 11 is 0. The molecule has 1 unspecified atom stereocenters. The monoisotopic (exact) mass is 285 g/mol. The highest BCUT2D eigenvalue weighted by molar-refractivity contribution is 6.00. The molecule has 5 nitrogen and oxygen atoms in total. The predicted molar refractivity (Wildman–Crippen MR) is 82.6 cm³/mol. The quantitative estimate of drug-likeness (QED) is 0.907. The highest BCUT2D eigenvalue weighted by atomic mass is 16.5. The summed E-state index contributed by atoms with van der Waals surface area (Å²) in [6.07, 6.45) is 1.94. The van der Waals surface area contributed by atoms with Crippen molar-refractivity contribution in [3.8, 4) is 0 Å². The maximum absolute atomic E-state index is 12.4. The van der Waals surface area contributed by atoms with E-state index in [-0.39, 0.29) is 11.9 Å². The molecule has 1 amide bonds. The standard InChI is InChI=1S/C16H19N3O2/c1-17-15-13-7-3-2-5-11(13)9-14(19-15)16(20)18-12-6-4-8-21-10-12/h2-3,5,7,9,12H,4,6,8,10H2,1H3,(H,17,19)(H,18,20). The summed E-state index contributed by atoms with van der Waals surface area (Å²) in [6.45, 7) is 1.36. The average Bonchev–Trinajstić information content (AvgIpc) is 2.54. The fourth-order valence-electron chi connectivity index (χ4n) is 2.62. The summed E-state index contributed by atoms with van der Waals surface area (Å²) in [7, 11) is 1.81. The van der Waals surface area contributed by atoms with Crippen molar-refractivity contribution in [2.75, 3.05) is 25.6 Å². The smallest absolute Gasteiger partial charge is 0.270 e. The Hall–Kier alpha value is -2.14. The van der Waals surface area contributed by atoms with Crippen LogP contribution in [0.1, 0.15) is 23.3 Å². The van der Waals surface area contributed by atoms with Gasteiger partial charge in [0.2, 0.25) is 0 Å². The molecule has 5 heteroatoms. The van der Waals surface area contributed by atoms with Gasteiger partial charge in [0.15, 0.2) is 0 Å². The van der Waals surface area contributed by atoms with Gasteiger partial charge in [0.1, 0.15) is 11.5 Å². The van der Waals surface area contributed by atoms with Crippen molar-refractivity contribution >= 4 is 22.5 Å². The van der Waals surface area contributed by atoms with Crippen molar-refractivity contribution < 1.29 is 9.53 Å². The summed E-state index contributed by atoms with van der Waals surface area (Å²) in [4.78, 5) is 16.8. The third-order valence-corrected chi connectivity index (χ3v) is 3.71. The SMILES string of the molecule is CNc1nc(C(=O)NC2CCCOC2)cc2ccccc12. The third kappa shape index (κ3) is 2.97. The first-order valence-corrected chi connectivity index (χ1v) is 7.24. The Morgan fingerprint density at radius 1 is 1.38 bits per heavy atom. The molecule has 0 radical (unpaired) electrons. The molecule has 1 atom stereocenters. The minimum Gasteiger partial charge on any atom is -0.379 e. The Labute approximate surface area is 123 Å². The second-order valence-electron chi connectivity index (χ2n) is 5.21. The van der Waals surface area contributed by atoms with Gasteiger partial charge in [-0.3, -0.25) is 4.79 Å². The molecule has 2 aromatic rings. The molecule has 1 aromatic carbocycles. The molecule has 2 N–H and O–H groups in total. The van der Waals surface area contributed by atoms with E-state index in [9.17, 15) is 4.79 Å². The normalized spacial score (nSPS) is 18.4. The highest BCUT2D eigenvalue weighted by Gasteiger charge is 2.18. The van der Waals surface area contributed by atoms with E-state index in [4.69, 9.17) is 4.74 Å². The molecule has 0 spiro atoms. The third-order valence-electron chi connectivity index (χ3n) is 3.71. The van der Waals surface area contributed by atoms with Crippen LogP contribution in [0.3, 0.4) is 0 Å². The van der Waals surface area contributed by atoms with Gasteiger partial charge in [-0.25, -0.2) is 4.98 Å². The second-order valence-corrected chi connectivity index (χ2v) is 5.21. The van der Waals surface area contributed by atoms with Crippen LogP contribution in [0.5, 0.6) is 0 Å². The molecule has 0 saturated carbocycles. The summed E-state index contributed by atoms with van der Waals surface area (Å²) in [6, 6.07) is 9.80. The van der Waals surface area contributed by atoms with E-state index in [1.807, 2.05) is 37.4 Å². The van der Waals surface area contributed by atoms with Gasteiger partial charge in [-0.1, -0.05) is 24.3 Å². The Morgan fingerprint density at radius 2 is 2.24 bits per heavy atom. The zero-order chi connectivity index (χ0) is 14.7. The average molecular weight is 285 g/mol. The van der Waals surface area contributed by atoms with E-state index in [1.54, 1.807) is 0 Å². The first kappa shape index (κ1) is 13.8. The molecule has 0 bridgehead atoms. The van der Waals surface area contributed by atoms with Crippen molar-refractivity contribution in [3.05, 3.63) is 36.0 Å². The molecule has 1 aliphatic heterocycles. The number of rotatable bonds is 3. The predicted octanol–water partition coefficient (Wildman–Crippen LogP) is 2.19. The minimum atomic E-state index is -0.146. The van der Waals surface area contributed by atoms with Gasteiger partial charge in [0, 0.05) is 19.0 Å². The lowest BCUT2D eigenvalue weighted by Crippen LogP contribution is -2.40. The van der Waals surface area contributed by atoms with Crippen molar-refractivity contribution in [3.63, 3.8) is 0 Å². The molecule has 1 saturated heterocycles. The van der Waals surface area contributed by atoms with Crippen molar-refractivity contribution in [1.29, 1.82) is 0 Å². The molecule has 21 heavy (non-hydrogen) atoms. The number of ether oxygens (including phenoxy) is 1. The fraction of sp³-hybridized carbons (Fsp3) is 0.375. The Morgan fingerprint density at radius 3 is 3.00 bits per heavy atom. The van der Waals surface area contributed by atoms with Gasteiger partial charge in [0.05, 0.1) is 12.6 Å². The lowest BCUT2D eigenvalue weighted by molar-refractivity contribution is 0.0622. The van der Waals surface area contributed by atoms with E-state index in [0.717, 1.165) is 36.0 Å². The summed E-state index contributed by atoms with van der Waals surface area (Å²) in [5, 5.41) is 8.06. The number of benzene rings is 1. The van der Waals surface area contributed by atoms with E-state index < -0.39 is 0 Å². The van der Waals surface area contributed by atoms with Crippen LogP contribution >= 0.6 is 0 Å². The summed E-state index contributed by atoms with van der Waals surface area (Å²) < 4.78 is 5.39. The number of nitrogens with zero attached hydrogens (tertiary/aromatic N) is 1. The molecular weight excluding hydrogens is 266 g/mol. The first-order chi connectivity index (χ1) is 10.3. The number of carbonyl (C=O) groups is 1. The number of amides is 1. The Kier molecular flexibility index (Phi) is 4.01. The number of hydrogen-bond donors (Lipinski definition) is 2. The minimum absolute atomic E-state index is 0.0811. The van der Waals surface area contributed by atoms with Crippen LogP contribution < -0.4 is 10.6 Å². The maximum Gasteiger partial charge on any atom is 0.270 e. The van der Waals surface area contributed by atoms with Gasteiger partial charge in [-0.05, 0) is 24.3 Å². The number of carbonyl (C=O) groups excluding carboxylic acids is 1. The highest BCUT2D eigenvalue weighted by Crippen LogP contribution is 2.22. The molecular formula is C16H19N3O2. The zero-order valence-corrected chi connectivity index (χ0v) is 12.1. The largest absolute Gasteiger partial charge is 0.379 e. The lowest BCUT2D eigenvalue weighted by Gasteiger charge is -2.23. The molecule has 1 aliphatic rings. The summed E-state index contributed by atoms with van der Waals surface area (Å²) in [5.74, 6) is 0.575. The number of anilines is 1. The topological polar surface area (TPSA) is 63.2 Å². The molecule has 0 aliphatic carbocycles. The number of aromatic nitrogens is 1. The van der Waals surface area contributed by atoms with Crippen LogP contribution in [-0.2, 0) is 4.74 Å². The van der Waals surface area contributed by atoms with Crippen LogP contribution in [0.2, 0.25) is 0 Å². The fourth-order valence-corrected chi connectivity index (χ4v) is 2.62. The van der Waals surface area contributed by atoms with Crippen LogP contribution in [0.15, 0.2) is 30.3 Å². The van der Waals surface area contributed by atoms with Gasteiger partial charge in [-0.2, -0.15) is 0 Å². The number of hydrogen-bond acceptors (Lipinski definition) is 4. The Balaban J connectivity index is 1.87. The first-order valence-electron chi connectivity index (χ1n) is 7.24. The molecule has 1 aromatic heterocycles. The van der Waals surface area contributed by atoms with E-state index in [0.29, 0.717) is 12.3 Å². The number of fused-ring (bicyclic) bond motifs is 1. The van der Waals surface area contributed by atoms with Crippen LogP contribution in [0, 0.1) is 0 Å². The van der Waals surface area contributed by atoms with Gasteiger partial charge < -0.3 is 15.4 Å². The van der Waals surface area contributed by atoms with E-state index in [1.165, 1.54) is 0 Å². The zero-order valence-electron chi connectivity index (χ0n) is 12.1. The molecule has 110 valence electrons. The van der Waals surface area contributed by atoms with Crippen LogP contribution in [0.4, 0.5) is 5.82 Å². The lowest BCUT2D eigenvalue weighted by atomic mass is 10.1. The number of pyridine rings is 1. The van der Waals surface area contributed by atoms with Gasteiger partial charge in [-0.15, -0.1) is 0 Å². The molecule has 3 rings (SSSR count). The summed E-state index contributed by atoms with van der Waals surface area (Å²) in [5.41, 5.74) is 0.434. The van der Waals surface area contributed by atoms with Crippen molar-refractivity contribution in [2.45, 2.75) is 18.9 Å². The van der Waals surface area contributed by atoms with Crippen molar-refractivity contribution in [1.82, 2.24) is 10.3 Å². The van der Waals surface area contributed by atoms with Gasteiger partial charge in [0.25, 0.3) is 5.91 Å².